The normalized spacial score (nSPS) is 11.2. The molecule has 0 radical (unpaired) electrons. The molecule has 0 saturated carbocycles. The van der Waals surface area contributed by atoms with Crippen LogP contribution in [-0.4, -0.2) is 0 Å². The van der Waals surface area contributed by atoms with Crippen molar-refractivity contribution in [2.75, 3.05) is 0 Å². The Morgan fingerprint density at radius 1 is 0.545 bits per heavy atom. The van der Waals surface area contributed by atoms with Crippen molar-refractivity contribution in [1.82, 2.24) is 0 Å². The SMILES string of the molecule is Fc1cc(F)cc(-c2cccc3cc4ccccc4cc23)c1. The van der Waals surface area contributed by atoms with Gasteiger partial charge in [-0.3, -0.25) is 0 Å². The van der Waals surface area contributed by atoms with E-state index in [0.29, 0.717) is 5.56 Å². The molecule has 4 aromatic rings. The van der Waals surface area contributed by atoms with Crippen LogP contribution >= 0.6 is 0 Å². The van der Waals surface area contributed by atoms with Crippen LogP contribution in [-0.2, 0) is 0 Å². The fraction of sp³-hybridized carbons (Fsp3) is 0. The van der Waals surface area contributed by atoms with Crippen molar-refractivity contribution in [2.24, 2.45) is 0 Å². The van der Waals surface area contributed by atoms with E-state index in [1.165, 1.54) is 12.1 Å². The first-order chi connectivity index (χ1) is 10.7. The Kier molecular flexibility index (Phi) is 2.90. The molecule has 4 aromatic carbocycles. The molecule has 0 spiro atoms. The van der Waals surface area contributed by atoms with Gasteiger partial charge in [-0.15, -0.1) is 0 Å². The van der Waals surface area contributed by atoms with Gasteiger partial charge in [0.2, 0.25) is 0 Å². The smallest absolute Gasteiger partial charge is 0.126 e. The maximum Gasteiger partial charge on any atom is 0.126 e. The molecule has 0 bridgehead atoms. The first-order valence-corrected chi connectivity index (χ1v) is 7.09. The second-order valence-corrected chi connectivity index (χ2v) is 5.38. The van der Waals surface area contributed by atoms with Crippen LogP contribution in [0.2, 0.25) is 0 Å². The largest absolute Gasteiger partial charge is 0.207 e. The summed E-state index contributed by atoms with van der Waals surface area (Å²) in [5.74, 6) is -1.12. The van der Waals surface area contributed by atoms with Gasteiger partial charge >= 0.3 is 0 Å². The average molecular weight is 290 g/mol. The fourth-order valence-corrected chi connectivity index (χ4v) is 2.93. The Morgan fingerprint density at radius 2 is 1.18 bits per heavy atom. The Bertz CT molecular complexity index is 983. The monoisotopic (exact) mass is 290 g/mol. The molecule has 0 N–H and O–H groups in total. The van der Waals surface area contributed by atoms with Gasteiger partial charge in [-0.05, 0) is 56.9 Å². The number of hydrogen-bond acceptors (Lipinski definition) is 0. The highest BCUT2D eigenvalue weighted by Gasteiger charge is 2.08. The molecule has 4 rings (SSSR count). The fourth-order valence-electron chi connectivity index (χ4n) is 2.93. The topological polar surface area (TPSA) is 0 Å². The molecular weight excluding hydrogens is 278 g/mol. The third-order valence-corrected chi connectivity index (χ3v) is 3.92. The first kappa shape index (κ1) is 13.0. The number of hydrogen-bond donors (Lipinski definition) is 0. The van der Waals surface area contributed by atoms with Gasteiger partial charge in [-0.2, -0.15) is 0 Å². The lowest BCUT2D eigenvalue weighted by molar-refractivity contribution is 0.584. The van der Waals surface area contributed by atoms with E-state index < -0.39 is 11.6 Å². The van der Waals surface area contributed by atoms with Gasteiger partial charge in [0, 0.05) is 6.07 Å². The van der Waals surface area contributed by atoms with Gasteiger partial charge in [0.1, 0.15) is 11.6 Å². The van der Waals surface area contributed by atoms with Crippen LogP contribution in [0.15, 0.2) is 72.8 Å². The molecule has 106 valence electrons. The zero-order valence-corrected chi connectivity index (χ0v) is 11.7. The van der Waals surface area contributed by atoms with Crippen LogP contribution in [0.3, 0.4) is 0 Å². The van der Waals surface area contributed by atoms with Crippen molar-refractivity contribution in [3.63, 3.8) is 0 Å². The number of halogens is 2. The molecule has 22 heavy (non-hydrogen) atoms. The second-order valence-electron chi connectivity index (χ2n) is 5.38. The summed E-state index contributed by atoms with van der Waals surface area (Å²) < 4.78 is 27.1. The van der Waals surface area contributed by atoms with E-state index >= 15 is 0 Å². The van der Waals surface area contributed by atoms with Gasteiger partial charge < -0.3 is 0 Å². The number of fused-ring (bicyclic) bond motifs is 2. The van der Waals surface area contributed by atoms with Crippen molar-refractivity contribution in [3.05, 3.63) is 84.4 Å². The maximum absolute atomic E-state index is 13.5. The van der Waals surface area contributed by atoms with Gasteiger partial charge in [0.05, 0.1) is 0 Å². The van der Waals surface area contributed by atoms with Gasteiger partial charge in [0.25, 0.3) is 0 Å². The molecule has 0 aromatic heterocycles. The van der Waals surface area contributed by atoms with Crippen LogP contribution in [0.5, 0.6) is 0 Å². The molecule has 0 saturated heterocycles. The summed E-state index contributed by atoms with van der Waals surface area (Å²) in [5, 5.41) is 4.31. The lowest BCUT2D eigenvalue weighted by atomic mass is 9.95. The third-order valence-electron chi connectivity index (χ3n) is 3.92. The quantitative estimate of drug-likeness (QED) is 0.381. The minimum absolute atomic E-state index is 0.554. The molecule has 0 aliphatic carbocycles. The van der Waals surface area contributed by atoms with Gasteiger partial charge in [-0.1, -0.05) is 42.5 Å². The number of rotatable bonds is 1. The zero-order chi connectivity index (χ0) is 15.1. The van der Waals surface area contributed by atoms with Crippen molar-refractivity contribution in [3.8, 4) is 11.1 Å². The lowest BCUT2D eigenvalue weighted by Gasteiger charge is -2.09. The summed E-state index contributed by atoms with van der Waals surface area (Å²) in [5.41, 5.74) is 1.39. The molecule has 0 aliphatic rings. The summed E-state index contributed by atoms with van der Waals surface area (Å²) in [6.45, 7) is 0. The van der Waals surface area contributed by atoms with E-state index in [4.69, 9.17) is 0 Å². The van der Waals surface area contributed by atoms with Crippen molar-refractivity contribution in [1.29, 1.82) is 0 Å². The predicted octanol–water partition coefficient (Wildman–Crippen LogP) is 5.94. The van der Waals surface area contributed by atoms with Crippen LogP contribution in [0.4, 0.5) is 8.78 Å². The second kappa shape index (κ2) is 4.92. The highest BCUT2D eigenvalue weighted by atomic mass is 19.1. The summed E-state index contributed by atoms with van der Waals surface area (Å²) >= 11 is 0. The summed E-state index contributed by atoms with van der Waals surface area (Å²) in [7, 11) is 0. The van der Waals surface area contributed by atoms with E-state index in [-0.39, 0.29) is 0 Å². The molecule has 0 aliphatic heterocycles. The highest BCUT2D eigenvalue weighted by Crippen LogP contribution is 2.32. The van der Waals surface area contributed by atoms with Gasteiger partial charge in [-0.25, -0.2) is 8.78 Å². The Balaban J connectivity index is 2.07. The van der Waals surface area contributed by atoms with Crippen molar-refractivity contribution >= 4 is 21.5 Å². The molecule has 2 heteroatoms. The third kappa shape index (κ3) is 2.13. The van der Waals surface area contributed by atoms with Gasteiger partial charge in [0.15, 0.2) is 0 Å². The maximum atomic E-state index is 13.5. The van der Waals surface area contributed by atoms with Crippen molar-refractivity contribution < 1.29 is 8.78 Å². The van der Waals surface area contributed by atoms with Crippen LogP contribution in [0, 0.1) is 11.6 Å². The van der Waals surface area contributed by atoms with E-state index in [2.05, 4.69) is 18.2 Å². The Labute approximate surface area is 126 Å². The van der Waals surface area contributed by atoms with Crippen LogP contribution in [0.25, 0.3) is 32.7 Å². The minimum atomic E-state index is -0.562. The van der Waals surface area contributed by atoms with Crippen LogP contribution < -0.4 is 0 Å². The zero-order valence-electron chi connectivity index (χ0n) is 11.7. The first-order valence-electron chi connectivity index (χ1n) is 7.09. The van der Waals surface area contributed by atoms with Crippen LogP contribution in [0.1, 0.15) is 0 Å². The molecular formula is C20H12F2. The molecule has 0 heterocycles. The molecule has 0 fully saturated rings. The lowest BCUT2D eigenvalue weighted by Crippen LogP contribution is -1.86. The van der Waals surface area contributed by atoms with E-state index in [0.717, 1.165) is 33.2 Å². The highest BCUT2D eigenvalue weighted by molar-refractivity contribution is 6.04. The van der Waals surface area contributed by atoms with E-state index in [1.807, 2.05) is 36.4 Å². The van der Waals surface area contributed by atoms with E-state index in [1.54, 1.807) is 0 Å². The molecule has 0 unspecified atom stereocenters. The molecule has 0 amide bonds. The number of benzene rings is 4. The molecule has 0 nitrogen and oxygen atoms in total. The van der Waals surface area contributed by atoms with E-state index in [9.17, 15) is 8.78 Å². The average Bonchev–Trinajstić information content (AvgIpc) is 2.51. The standard InChI is InChI=1S/C20H12F2/c21-17-9-16(10-18(22)12-17)19-7-3-6-15-8-13-4-1-2-5-14(13)11-20(15)19/h1-12H. The Hall–Kier alpha value is -2.74. The summed E-state index contributed by atoms with van der Waals surface area (Å²) in [6, 6.07) is 21.7. The predicted molar refractivity (Wildman–Crippen MR) is 86.8 cm³/mol. The molecule has 0 atom stereocenters. The summed E-state index contributed by atoms with van der Waals surface area (Å²) in [6.07, 6.45) is 0. The Morgan fingerprint density at radius 3 is 1.91 bits per heavy atom. The minimum Gasteiger partial charge on any atom is -0.207 e. The van der Waals surface area contributed by atoms with Crippen molar-refractivity contribution in [2.45, 2.75) is 0 Å². The summed E-state index contributed by atoms with van der Waals surface area (Å²) in [4.78, 5) is 0.